The van der Waals surface area contributed by atoms with Gasteiger partial charge in [0.25, 0.3) is 0 Å². The van der Waals surface area contributed by atoms with Crippen LogP contribution < -0.4 is 11.1 Å². The fraction of sp³-hybridized carbons (Fsp3) is 0.500. The van der Waals surface area contributed by atoms with Crippen molar-refractivity contribution >= 4 is 21.4 Å². The normalized spacial score (nSPS) is 11.3. The number of unbranched alkanes of at least 4 members (excludes halogenated alkanes) is 1. The predicted molar refractivity (Wildman–Crippen MR) is 80.2 cm³/mol. The number of amides is 1. The van der Waals surface area contributed by atoms with Crippen LogP contribution in [0.15, 0.2) is 23.1 Å². The summed E-state index contributed by atoms with van der Waals surface area (Å²) in [5.74, 6) is -0.0386. The number of hydrogen-bond donors (Lipinski definition) is 2. The molecule has 0 saturated carbocycles. The van der Waals surface area contributed by atoms with Crippen LogP contribution in [0.2, 0.25) is 0 Å². The average Bonchev–Trinajstić information content (AvgIpc) is 2.44. The lowest BCUT2D eigenvalue weighted by Crippen LogP contribution is -2.14. The Kier molecular flexibility index (Phi) is 6.16. The van der Waals surface area contributed by atoms with Gasteiger partial charge >= 0.3 is 0 Å². The molecule has 1 rings (SSSR count). The maximum Gasteiger partial charge on any atom is 0.224 e. The van der Waals surface area contributed by atoms with Crippen LogP contribution in [0.5, 0.6) is 0 Å². The van der Waals surface area contributed by atoms with E-state index in [9.17, 15) is 13.2 Å². The van der Waals surface area contributed by atoms with Gasteiger partial charge in [-0.05, 0) is 30.2 Å². The fourth-order valence-electron chi connectivity index (χ4n) is 1.84. The Morgan fingerprint density at radius 3 is 2.55 bits per heavy atom. The van der Waals surface area contributed by atoms with Crippen LogP contribution >= 0.6 is 0 Å². The molecule has 0 aliphatic rings. The molecule has 0 saturated heterocycles. The topological polar surface area (TPSA) is 89.3 Å². The van der Waals surface area contributed by atoms with Crippen LogP contribution in [-0.2, 0) is 21.2 Å². The molecule has 3 N–H and O–H groups in total. The maximum atomic E-state index is 11.9. The molecule has 0 fully saturated rings. The minimum absolute atomic E-state index is 0.0300. The molecule has 1 amide bonds. The van der Waals surface area contributed by atoms with Crippen molar-refractivity contribution in [1.82, 2.24) is 0 Å². The van der Waals surface area contributed by atoms with Gasteiger partial charge in [0.05, 0.1) is 10.6 Å². The summed E-state index contributed by atoms with van der Waals surface area (Å²) in [6.07, 6.45) is 2.25. The molecular weight excluding hydrogens is 276 g/mol. The number of rotatable bonds is 7. The first kappa shape index (κ1) is 16.7. The van der Waals surface area contributed by atoms with Gasteiger partial charge in [0.2, 0.25) is 5.91 Å². The first-order chi connectivity index (χ1) is 9.44. The van der Waals surface area contributed by atoms with Gasteiger partial charge < -0.3 is 11.1 Å². The number of carbonyl (C=O) groups is 1. The zero-order valence-corrected chi connectivity index (χ0v) is 12.8. The molecule has 20 heavy (non-hydrogen) atoms. The summed E-state index contributed by atoms with van der Waals surface area (Å²) in [4.78, 5) is 11.9. The van der Waals surface area contributed by atoms with Crippen LogP contribution in [0.3, 0.4) is 0 Å². The van der Waals surface area contributed by atoms with E-state index in [-0.39, 0.29) is 23.1 Å². The number of anilines is 1. The van der Waals surface area contributed by atoms with Gasteiger partial charge in [-0.25, -0.2) is 8.42 Å². The lowest BCUT2D eigenvalue weighted by molar-refractivity contribution is -0.116. The second-order valence-corrected chi connectivity index (χ2v) is 6.83. The smallest absolute Gasteiger partial charge is 0.224 e. The number of sulfone groups is 1. The molecule has 0 aliphatic carbocycles. The molecule has 0 bridgehead atoms. The maximum absolute atomic E-state index is 11.9. The van der Waals surface area contributed by atoms with E-state index < -0.39 is 9.84 Å². The second kappa shape index (κ2) is 7.40. The van der Waals surface area contributed by atoms with Crippen molar-refractivity contribution in [3.63, 3.8) is 0 Å². The number of nitrogens with one attached hydrogen (secondary N) is 1. The van der Waals surface area contributed by atoms with Gasteiger partial charge in [-0.1, -0.05) is 20.3 Å². The van der Waals surface area contributed by atoms with Gasteiger partial charge in [-0.15, -0.1) is 0 Å². The van der Waals surface area contributed by atoms with Crippen molar-refractivity contribution < 1.29 is 13.2 Å². The highest BCUT2D eigenvalue weighted by Crippen LogP contribution is 2.21. The van der Waals surface area contributed by atoms with E-state index >= 15 is 0 Å². The zero-order chi connectivity index (χ0) is 15.2. The van der Waals surface area contributed by atoms with Crippen LogP contribution in [-0.4, -0.2) is 20.1 Å². The monoisotopic (exact) mass is 298 g/mol. The Labute approximate surface area is 120 Å². The Balaban J connectivity index is 2.96. The van der Waals surface area contributed by atoms with E-state index in [2.05, 4.69) is 5.32 Å². The first-order valence-electron chi connectivity index (χ1n) is 6.80. The average molecular weight is 298 g/mol. The summed E-state index contributed by atoms with van der Waals surface area (Å²) in [5, 5.41) is 2.76. The molecule has 6 heteroatoms. The third-order valence-corrected chi connectivity index (χ3v) is 4.87. The lowest BCUT2D eigenvalue weighted by atomic mass is 10.2. The van der Waals surface area contributed by atoms with E-state index in [1.54, 1.807) is 19.1 Å². The van der Waals surface area contributed by atoms with Crippen molar-refractivity contribution in [2.24, 2.45) is 5.73 Å². The third-order valence-electron chi connectivity index (χ3n) is 3.04. The molecule has 0 spiro atoms. The number of nitrogens with two attached hydrogens (primary N) is 1. The SMILES string of the molecule is CCCCC(=O)Nc1ccc(S(=O)(=O)CC)c(CN)c1. The van der Waals surface area contributed by atoms with Crippen molar-refractivity contribution in [2.45, 2.75) is 44.6 Å². The van der Waals surface area contributed by atoms with Gasteiger partial charge in [-0.2, -0.15) is 0 Å². The molecule has 0 heterocycles. The molecule has 0 aromatic heterocycles. The summed E-state index contributed by atoms with van der Waals surface area (Å²) in [6, 6.07) is 4.74. The lowest BCUT2D eigenvalue weighted by Gasteiger charge is -2.11. The highest BCUT2D eigenvalue weighted by Gasteiger charge is 2.16. The third kappa shape index (κ3) is 4.31. The second-order valence-electron chi connectivity index (χ2n) is 4.58. The minimum Gasteiger partial charge on any atom is -0.326 e. The summed E-state index contributed by atoms with van der Waals surface area (Å²) < 4.78 is 23.8. The quantitative estimate of drug-likeness (QED) is 0.806. The molecule has 112 valence electrons. The predicted octanol–water partition coefficient (Wildman–Crippen LogP) is 2.07. The highest BCUT2D eigenvalue weighted by atomic mass is 32.2. The van der Waals surface area contributed by atoms with E-state index in [1.807, 2.05) is 6.92 Å². The van der Waals surface area contributed by atoms with Crippen molar-refractivity contribution in [2.75, 3.05) is 11.1 Å². The molecule has 0 radical (unpaired) electrons. The summed E-state index contributed by atoms with van der Waals surface area (Å²) >= 11 is 0. The number of hydrogen-bond acceptors (Lipinski definition) is 4. The summed E-state index contributed by atoms with van der Waals surface area (Å²) in [7, 11) is -3.29. The Morgan fingerprint density at radius 1 is 1.30 bits per heavy atom. The van der Waals surface area contributed by atoms with Gasteiger partial charge in [0, 0.05) is 18.7 Å². The number of carbonyl (C=O) groups excluding carboxylic acids is 1. The minimum atomic E-state index is -3.29. The standard InChI is InChI=1S/C14H22N2O3S/c1-3-5-6-14(17)16-12-7-8-13(11(9-12)10-15)20(18,19)4-2/h7-9H,3-6,10,15H2,1-2H3,(H,16,17). The van der Waals surface area contributed by atoms with E-state index in [1.165, 1.54) is 6.07 Å². The Bertz CT molecular complexity index is 568. The molecule has 1 aromatic carbocycles. The zero-order valence-electron chi connectivity index (χ0n) is 12.0. The van der Waals surface area contributed by atoms with Crippen molar-refractivity contribution in [3.05, 3.63) is 23.8 Å². The largest absolute Gasteiger partial charge is 0.326 e. The summed E-state index contributed by atoms with van der Waals surface area (Å²) in [6.45, 7) is 3.73. The Hall–Kier alpha value is -1.40. The van der Waals surface area contributed by atoms with Crippen LogP contribution in [0.1, 0.15) is 38.7 Å². The molecule has 0 aliphatic heterocycles. The first-order valence-corrected chi connectivity index (χ1v) is 8.45. The van der Waals surface area contributed by atoms with Crippen molar-refractivity contribution in [3.8, 4) is 0 Å². The Morgan fingerprint density at radius 2 is 2.00 bits per heavy atom. The van der Waals surface area contributed by atoms with Gasteiger partial charge in [-0.3, -0.25) is 4.79 Å². The van der Waals surface area contributed by atoms with Gasteiger partial charge in [0.15, 0.2) is 9.84 Å². The molecule has 5 nitrogen and oxygen atoms in total. The highest BCUT2D eigenvalue weighted by molar-refractivity contribution is 7.91. The summed E-state index contributed by atoms with van der Waals surface area (Å²) in [5.41, 5.74) is 6.72. The molecular formula is C14H22N2O3S. The van der Waals surface area contributed by atoms with E-state index in [4.69, 9.17) is 5.73 Å². The van der Waals surface area contributed by atoms with Crippen LogP contribution in [0, 0.1) is 0 Å². The van der Waals surface area contributed by atoms with E-state index in [0.717, 1.165) is 12.8 Å². The van der Waals surface area contributed by atoms with Crippen LogP contribution in [0.25, 0.3) is 0 Å². The molecule has 1 aromatic rings. The van der Waals surface area contributed by atoms with Crippen LogP contribution in [0.4, 0.5) is 5.69 Å². The van der Waals surface area contributed by atoms with Gasteiger partial charge in [0.1, 0.15) is 0 Å². The molecule has 0 unspecified atom stereocenters. The number of benzene rings is 1. The molecule has 0 atom stereocenters. The van der Waals surface area contributed by atoms with E-state index in [0.29, 0.717) is 17.7 Å². The van der Waals surface area contributed by atoms with Crippen molar-refractivity contribution in [1.29, 1.82) is 0 Å². The fourth-order valence-corrected chi connectivity index (χ4v) is 2.96.